The molecule has 0 bridgehead atoms. The Kier molecular flexibility index (Phi) is 2.80. The van der Waals surface area contributed by atoms with Crippen LogP contribution < -0.4 is 4.90 Å². The lowest BCUT2D eigenvalue weighted by Crippen LogP contribution is -2.23. The van der Waals surface area contributed by atoms with Gasteiger partial charge in [0.15, 0.2) is 0 Å². The summed E-state index contributed by atoms with van der Waals surface area (Å²) in [6.07, 6.45) is 1.13. The molecule has 17 heavy (non-hydrogen) atoms. The number of nitrogens with zero attached hydrogens (tertiary/aromatic N) is 5. The maximum Gasteiger partial charge on any atom is 0.250 e. The minimum atomic E-state index is 0.531. The van der Waals surface area contributed by atoms with E-state index in [4.69, 9.17) is 0 Å². The summed E-state index contributed by atoms with van der Waals surface area (Å²) >= 11 is 3.63. The lowest BCUT2D eigenvalue weighted by molar-refractivity contribution is 0.776. The molecule has 0 saturated carbocycles. The van der Waals surface area contributed by atoms with Gasteiger partial charge in [0.25, 0.3) is 0 Å². The van der Waals surface area contributed by atoms with Crippen molar-refractivity contribution < 1.29 is 0 Å². The maximum absolute atomic E-state index is 4.12. The van der Waals surface area contributed by atoms with Crippen LogP contribution in [0.4, 0.5) is 5.95 Å². The third-order valence-corrected chi connectivity index (χ3v) is 3.61. The molecule has 0 spiro atoms. The Morgan fingerprint density at radius 3 is 2.76 bits per heavy atom. The Balaban J connectivity index is 1.95. The Morgan fingerprint density at radius 1 is 1.24 bits per heavy atom. The van der Waals surface area contributed by atoms with Crippen molar-refractivity contribution in [3.8, 4) is 5.69 Å². The summed E-state index contributed by atoms with van der Waals surface area (Å²) in [5.74, 6) is 0.818. The molecule has 5 nitrogen and oxygen atoms in total. The van der Waals surface area contributed by atoms with Crippen LogP contribution in [-0.4, -0.2) is 38.1 Å². The van der Waals surface area contributed by atoms with Gasteiger partial charge < -0.3 is 4.90 Å². The topological polar surface area (TPSA) is 46.8 Å². The fraction of sp³-hybridized carbons (Fsp3) is 0.364. The van der Waals surface area contributed by atoms with Crippen LogP contribution in [0, 0.1) is 0 Å². The minimum absolute atomic E-state index is 0.531. The summed E-state index contributed by atoms with van der Waals surface area (Å²) in [6.45, 7) is 1.94. The number of benzene rings is 1. The number of hydrogen-bond donors (Lipinski definition) is 0. The SMILES string of the molecule is BrC1CCN(c2nnnn2-c2ccccc2)C1. The Bertz CT molecular complexity index is 498. The highest BCUT2D eigenvalue weighted by molar-refractivity contribution is 9.09. The second-order valence-electron chi connectivity index (χ2n) is 4.06. The second kappa shape index (κ2) is 4.44. The first-order valence-electron chi connectivity index (χ1n) is 5.57. The molecular weight excluding hydrogens is 282 g/mol. The molecule has 1 saturated heterocycles. The fourth-order valence-corrected chi connectivity index (χ4v) is 2.57. The van der Waals surface area contributed by atoms with Gasteiger partial charge in [-0.1, -0.05) is 39.2 Å². The van der Waals surface area contributed by atoms with Gasteiger partial charge in [-0.3, -0.25) is 0 Å². The zero-order valence-electron chi connectivity index (χ0n) is 9.20. The molecule has 2 heterocycles. The Morgan fingerprint density at radius 2 is 2.06 bits per heavy atom. The molecule has 1 aliphatic rings. The molecule has 1 fully saturated rings. The van der Waals surface area contributed by atoms with Crippen LogP contribution >= 0.6 is 15.9 Å². The molecule has 2 aromatic rings. The first kappa shape index (κ1) is 10.7. The van der Waals surface area contributed by atoms with E-state index in [0.717, 1.165) is 31.1 Å². The molecule has 1 unspecified atom stereocenters. The van der Waals surface area contributed by atoms with Crippen molar-refractivity contribution in [2.24, 2.45) is 0 Å². The van der Waals surface area contributed by atoms with Crippen LogP contribution in [-0.2, 0) is 0 Å². The molecule has 0 N–H and O–H groups in total. The first-order chi connectivity index (χ1) is 8.34. The smallest absolute Gasteiger partial charge is 0.250 e. The molecule has 1 aromatic heterocycles. The molecule has 0 aliphatic carbocycles. The molecule has 88 valence electrons. The molecule has 1 aliphatic heterocycles. The van der Waals surface area contributed by atoms with Crippen molar-refractivity contribution in [3.05, 3.63) is 30.3 Å². The van der Waals surface area contributed by atoms with Crippen molar-refractivity contribution in [1.82, 2.24) is 20.2 Å². The average Bonchev–Trinajstić information content (AvgIpc) is 2.98. The van der Waals surface area contributed by atoms with E-state index in [1.165, 1.54) is 0 Å². The van der Waals surface area contributed by atoms with E-state index in [-0.39, 0.29) is 0 Å². The standard InChI is InChI=1S/C11H12BrN5/c12-9-6-7-16(8-9)11-13-14-15-17(11)10-4-2-1-3-5-10/h1-5,9H,6-8H2. The van der Waals surface area contributed by atoms with E-state index >= 15 is 0 Å². The third kappa shape index (κ3) is 2.04. The lowest BCUT2D eigenvalue weighted by Gasteiger charge is -2.15. The predicted octanol–water partition coefficient (Wildman–Crippen LogP) is 1.64. The summed E-state index contributed by atoms with van der Waals surface area (Å²) in [7, 11) is 0. The van der Waals surface area contributed by atoms with Crippen LogP contribution in [0.3, 0.4) is 0 Å². The van der Waals surface area contributed by atoms with Gasteiger partial charge in [-0.2, -0.15) is 4.68 Å². The zero-order chi connectivity index (χ0) is 11.7. The largest absolute Gasteiger partial charge is 0.338 e. The highest BCUT2D eigenvalue weighted by Crippen LogP contribution is 2.23. The summed E-state index contributed by atoms with van der Waals surface area (Å²) in [5, 5.41) is 11.9. The van der Waals surface area contributed by atoms with Crippen LogP contribution in [0.2, 0.25) is 0 Å². The Hall–Kier alpha value is -1.43. The Labute approximate surface area is 108 Å². The maximum atomic E-state index is 4.12. The van der Waals surface area contributed by atoms with Crippen LogP contribution in [0.15, 0.2) is 30.3 Å². The molecule has 3 rings (SSSR count). The van der Waals surface area contributed by atoms with Crippen LogP contribution in [0.5, 0.6) is 0 Å². The average molecular weight is 294 g/mol. The first-order valence-corrected chi connectivity index (χ1v) is 6.49. The van der Waals surface area contributed by atoms with Crippen molar-refractivity contribution >= 4 is 21.9 Å². The summed E-state index contributed by atoms with van der Waals surface area (Å²) in [6, 6.07) is 9.96. The van der Waals surface area contributed by atoms with Gasteiger partial charge in [0.2, 0.25) is 5.95 Å². The molecule has 0 amide bonds. The molecule has 1 atom stereocenters. The van der Waals surface area contributed by atoms with Gasteiger partial charge in [-0.05, 0) is 29.0 Å². The van der Waals surface area contributed by atoms with Gasteiger partial charge in [-0.15, -0.1) is 0 Å². The van der Waals surface area contributed by atoms with Crippen molar-refractivity contribution in [2.45, 2.75) is 11.2 Å². The number of para-hydroxylation sites is 1. The number of hydrogen-bond acceptors (Lipinski definition) is 4. The number of anilines is 1. The van der Waals surface area contributed by atoms with E-state index in [1.54, 1.807) is 4.68 Å². The minimum Gasteiger partial charge on any atom is -0.338 e. The zero-order valence-corrected chi connectivity index (χ0v) is 10.8. The summed E-state index contributed by atoms with van der Waals surface area (Å²) in [5.41, 5.74) is 0.991. The van der Waals surface area contributed by atoms with E-state index in [9.17, 15) is 0 Å². The van der Waals surface area contributed by atoms with Gasteiger partial charge in [0.05, 0.1) is 5.69 Å². The summed E-state index contributed by atoms with van der Waals surface area (Å²) < 4.78 is 1.78. The number of alkyl halides is 1. The number of rotatable bonds is 2. The molecular formula is C11H12BrN5. The fourth-order valence-electron chi connectivity index (χ4n) is 2.02. The van der Waals surface area contributed by atoms with Crippen molar-refractivity contribution in [1.29, 1.82) is 0 Å². The van der Waals surface area contributed by atoms with Crippen molar-refractivity contribution in [2.75, 3.05) is 18.0 Å². The van der Waals surface area contributed by atoms with Gasteiger partial charge in [-0.25, -0.2) is 0 Å². The van der Waals surface area contributed by atoms with Gasteiger partial charge in [0.1, 0.15) is 0 Å². The van der Waals surface area contributed by atoms with Gasteiger partial charge in [0, 0.05) is 17.9 Å². The predicted molar refractivity (Wildman–Crippen MR) is 68.7 cm³/mol. The van der Waals surface area contributed by atoms with E-state index in [0.29, 0.717) is 4.83 Å². The third-order valence-electron chi connectivity index (χ3n) is 2.87. The highest BCUT2D eigenvalue weighted by atomic mass is 79.9. The number of aromatic nitrogens is 4. The van der Waals surface area contributed by atoms with Gasteiger partial charge >= 0.3 is 0 Å². The normalized spacial score (nSPS) is 19.8. The highest BCUT2D eigenvalue weighted by Gasteiger charge is 2.24. The van der Waals surface area contributed by atoms with Crippen molar-refractivity contribution in [3.63, 3.8) is 0 Å². The second-order valence-corrected chi connectivity index (χ2v) is 5.35. The number of halogens is 1. The van der Waals surface area contributed by atoms with E-state index < -0.39 is 0 Å². The monoisotopic (exact) mass is 293 g/mol. The molecule has 1 aromatic carbocycles. The van der Waals surface area contributed by atoms with E-state index in [1.807, 2.05) is 30.3 Å². The van der Waals surface area contributed by atoms with Crippen LogP contribution in [0.25, 0.3) is 5.69 Å². The quantitative estimate of drug-likeness (QED) is 0.790. The van der Waals surface area contributed by atoms with E-state index in [2.05, 4.69) is 36.4 Å². The summed E-state index contributed by atoms with van der Waals surface area (Å²) in [4.78, 5) is 2.73. The molecule has 0 radical (unpaired) electrons. The number of tetrazole rings is 1. The molecule has 6 heteroatoms. The van der Waals surface area contributed by atoms with Crippen LogP contribution in [0.1, 0.15) is 6.42 Å². The lowest BCUT2D eigenvalue weighted by atomic mass is 10.3.